The zero-order valence-electron chi connectivity index (χ0n) is 15.7. The Morgan fingerprint density at radius 1 is 1.15 bits per heavy atom. The summed E-state index contributed by atoms with van der Waals surface area (Å²) in [5, 5.41) is 5.68. The predicted octanol–water partition coefficient (Wildman–Crippen LogP) is 1.29. The highest BCUT2D eigenvalue weighted by Crippen LogP contribution is 2.28. The van der Waals surface area contributed by atoms with Gasteiger partial charge in [0.25, 0.3) is 0 Å². The van der Waals surface area contributed by atoms with E-state index in [2.05, 4.69) is 42.6 Å². The second kappa shape index (κ2) is 6.49. The van der Waals surface area contributed by atoms with Crippen LogP contribution in [0.25, 0.3) is 28.1 Å². The summed E-state index contributed by atoms with van der Waals surface area (Å²) >= 11 is 0. The molecule has 1 N–H and O–H groups in total. The van der Waals surface area contributed by atoms with Gasteiger partial charge in [-0.05, 0) is 31.5 Å². The number of nitrogens with zero attached hydrogens (tertiary/aromatic N) is 6. The maximum Gasteiger partial charge on any atom is 0.183 e. The van der Waals surface area contributed by atoms with Crippen molar-refractivity contribution in [1.82, 2.24) is 29.1 Å². The Morgan fingerprint density at radius 2 is 2.00 bits per heavy atom. The third-order valence-electron chi connectivity index (χ3n) is 4.92. The fourth-order valence-corrected chi connectivity index (χ4v) is 3.41. The molecule has 0 unspecified atom stereocenters. The number of aryl methyl sites for hydroxylation is 2. The lowest BCUT2D eigenvalue weighted by atomic mass is 10.2. The summed E-state index contributed by atoms with van der Waals surface area (Å²) in [6.07, 6.45) is 6.42. The molecule has 7 nitrogen and oxygen atoms in total. The van der Waals surface area contributed by atoms with Crippen LogP contribution in [-0.2, 0) is 6.54 Å². The smallest absolute Gasteiger partial charge is 0.183 e. The Morgan fingerprint density at radius 3 is 2.73 bits per heavy atom. The monoisotopic (exact) mass is 350 g/mol. The SMILES string of the molecule is Cc1c(C)n(CCC[NH+](C)C)c2ncn3nc(-c4cccnc4)nc3c12. The molecule has 0 aliphatic heterocycles. The standard InChI is InChI=1S/C19H23N7/c1-13-14(2)25(10-6-9-24(3)4)18-16(13)19-22-17(23-26(19)12-21-18)15-7-5-8-20-11-15/h5,7-8,11-12H,6,9-10H2,1-4H3/p+1. The van der Waals surface area contributed by atoms with Gasteiger partial charge >= 0.3 is 0 Å². The summed E-state index contributed by atoms with van der Waals surface area (Å²) in [4.78, 5) is 15.1. The van der Waals surface area contributed by atoms with Crippen molar-refractivity contribution < 1.29 is 4.90 Å². The van der Waals surface area contributed by atoms with Crippen molar-refractivity contribution in [3.05, 3.63) is 42.1 Å². The Bertz CT molecular complexity index is 1060. The molecular formula is C19H24N7+. The topological polar surface area (TPSA) is 65.3 Å². The average Bonchev–Trinajstić information content (AvgIpc) is 3.17. The molecule has 4 aromatic rings. The van der Waals surface area contributed by atoms with Crippen molar-refractivity contribution in [3.63, 3.8) is 0 Å². The second-order valence-electron chi connectivity index (χ2n) is 7.06. The normalized spacial score (nSPS) is 11.9. The van der Waals surface area contributed by atoms with Crippen molar-refractivity contribution in [2.45, 2.75) is 26.8 Å². The summed E-state index contributed by atoms with van der Waals surface area (Å²) in [6.45, 7) is 6.41. The first-order chi connectivity index (χ1) is 12.6. The van der Waals surface area contributed by atoms with Gasteiger partial charge in [-0.2, -0.15) is 0 Å². The fraction of sp³-hybridized carbons (Fsp3) is 0.368. The fourth-order valence-electron chi connectivity index (χ4n) is 3.41. The first kappa shape index (κ1) is 16.7. The minimum Gasteiger partial charge on any atom is -0.340 e. The number of hydrogen-bond acceptors (Lipinski definition) is 4. The van der Waals surface area contributed by atoms with E-state index in [1.165, 1.54) is 16.2 Å². The highest BCUT2D eigenvalue weighted by Gasteiger charge is 2.18. The number of pyridine rings is 1. The molecule has 4 aromatic heterocycles. The average molecular weight is 350 g/mol. The van der Waals surface area contributed by atoms with Crippen LogP contribution in [0.3, 0.4) is 0 Å². The molecule has 0 atom stereocenters. The molecule has 7 heteroatoms. The zero-order chi connectivity index (χ0) is 18.3. The van der Waals surface area contributed by atoms with Crippen LogP contribution in [0.1, 0.15) is 17.7 Å². The van der Waals surface area contributed by atoms with E-state index < -0.39 is 0 Å². The van der Waals surface area contributed by atoms with Crippen molar-refractivity contribution in [1.29, 1.82) is 0 Å². The molecular weight excluding hydrogens is 326 g/mol. The number of aromatic nitrogens is 6. The highest BCUT2D eigenvalue weighted by atomic mass is 15.3. The molecule has 26 heavy (non-hydrogen) atoms. The zero-order valence-corrected chi connectivity index (χ0v) is 15.7. The molecule has 0 radical (unpaired) electrons. The van der Waals surface area contributed by atoms with Crippen LogP contribution in [-0.4, -0.2) is 49.8 Å². The van der Waals surface area contributed by atoms with E-state index in [0.717, 1.165) is 41.8 Å². The number of quaternary nitrogens is 1. The van der Waals surface area contributed by atoms with Gasteiger partial charge < -0.3 is 9.47 Å². The molecule has 0 aromatic carbocycles. The van der Waals surface area contributed by atoms with E-state index in [0.29, 0.717) is 5.82 Å². The quantitative estimate of drug-likeness (QED) is 0.589. The number of hydrogen-bond donors (Lipinski definition) is 1. The van der Waals surface area contributed by atoms with Gasteiger partial charge in [0.1, 0.15) is 12.0 Å². The van der Waals surface area contributed by atoms with Gasteiger partial charge in [0, 0.05) is 36.6 Å². The summed E-state index contributed by atoms with van der Waals surface area (Å²) in [6, 6.07) is 3.87. The first-order valence-electron chi connectivity index (χ1n) is 8.96. The number of nitrogens with one attached hydrogen (secondary N) is 1. The van der Waals surface area contributed by atoms with E-state index in [9.17, 15) is 0 Å². The third kappa shape index (κ3) is 2.74. The van der Waals surface area contributed by atoms with E-state index in [4.69, 9.17) is 9.97 Å². The lowest BCUT2D eigenvalue weighted by Crippen LogP contribution is -3.05. The Balaban J connectivity index is 1.84. The van der Waals surface area contributed by atoms with Gasteiger partial charge in [0.15, 0.2) is 11.5 Å². The molecule has 0 fully saturated rings. The number of fused-ring (bicyclic) bond motifs is 3. The van der Waals surface area contributed by atoms with Crippen molar-refractivity contribution in [2.24, 2.45) is 0 Å². The molecule has 0 saturated carbocycles. The van der Waals surface area contributed by atoms with Crippen LogP contribution in [0.15, 0.2) is 30.9 Å². The van der Waals surface area contributed by atoms with Crippen LogP contribution in [0.2, 0.25) is 0 Å². The van der Waals surface area contributed by atoms with Crippen molar-refractivity contribution >= 4 is 16.7 Å². The Kier molecular flexibility index (Phi) is 4.16. The van der Waals surface area contributed by atoms with E-state index in [-0.39, 0.29) is 0 Å². The van der Waals surface area contributed by atoms with E-state index in [1.54, 1.807) is 23.2 Å². The van der Waals surface area contributed by atoms with Gasteiger partial charge in [0.05, 0.1) is 26.0 Å². The summed E-state index contributed by atoms with van der Waals surface area (Å²) in [5.74, 6) is 0.674. The minimum atomic E-state index is 0.674. The van der Waals surface area contributed by atoms with Gasteiger partial charge in [-0.25, -0.2) is 14.5 Å². The molecule has 0 amide bonds. The molecule has 0 aliphatic rings. The van der Waals surface area contributed by atoms with E-state index in [1.807, 2.05) is 12.1 Å². The van der Waals surface area contributed by atoms with Crippen LogP contribution in [0, 0.1) is 13.8 Å². The third-order valence-corrected chi connectivity index (χ3v) is 4.92. The minimum absolute atomic E-state index is 0.674. The van der Waals surface area contributed by atoms with Crippen LogP contribution in [0.4, 0.5) is 0 Å². The van der Waals surface area contributed by atoms with E-state index >= 15 is 0 Å². The predicted molar refractivity (Wildman–Crippen MR) is 101 cm³/mol. The maximum absolute atomic E-state index is 4.79. The lowest BCUT2D eigenvalue weighted by Gasteiger charge is -2.10. The first-order valence-corrected chi connectivity index (χ1v) is 8.96. The highest BCUT2D eigenvalue weighted by molar-refractivity contribution is 5.94. The molecule has 0 spiro atoms. The van der Waals surface area contributed by atoms with Crippen LogP contribution < -0.4 is 4.90 Å². The summed E-state index contributed by atoms with van der Waals surface area (Å²) in [7, 11) is 4.37. The van der Waals surface area contributed by atoms with Gasteiger partial charge in [-0.3, -0.25) is 4.98 Å². The molecule has 4 rings (SSSR count). The molecule has 134 valence electrons. The maximum atomic E-state index is 4.79. The largest absolute Gasteiger partial charge is 0.340 e. The van der Waals surface area contributed by atoms with Gasteiger partial charge in [-0.15, -0.1) is 5.10 Å². The Hall–Kier alpha value is -2.80. The molecule has 0 bridgehead atoms. The van der Waals surface area contributed by atoms with Gasteiger partial charge in [0.2, 0.25) is 0 Å². The number of rotatable bonds is 5. The van der Waals surface area contributed by atoms with Crippen LogP contribution >= 0.6 is 0 Å². The lowest BCUT2D eigenvalue weighted by molar-refractivity contribution is -0.858. The molecule has 0 saturated heterocycles. The Labute approximate surface area is 152 Å². The van der Waals surface area contributed by atoms with Gasteiger partial charge in [-0.1, -0.05) is 0 Å². The van der Waals surface area contributed by atoms with Crippen LogP contribution in [0.5, 0.6) is 0 Å². The molecule has 4 heterocycles. The second-order valence-corrected chi connectivity index (χ2v) is 7.06. The van der Waals surface area contributed by atoms with Crippen molar-refractivity contribution in [3.8, 4) is 11.4 Å². The summed E-state index contributed by atoms with van der Waals surface area (Å²) < 4.78 is 4.08. The molecule has 0 aliphatic carbocycles. The summed E-state index contributed by atoms with van der Waals surface area (Å²) in [5.41, 5.74) is 5.23. The van der Waals surface area contributed by atoms with Crippen molar-refractivity contribution in [2.75, 3.05) is 20.6 Å².